The number of ketones is 1. The molecule has 0 aliphatic carbocycles. The Hall–Kier alpha value is -3.37. The second kappa shape index (κ2) is 10.5. The quantitative estimate of drug-likeness (QED) is 0.409. The molecule has 2 aromatic rings. The third kappa shape index (κ3) is 5.91. The Morgan fingerprint density at radius 2 is 1.55 bits per heavy atom. The lowest BCUT2D eigenvalue weighted by Crippen LogP contribution is -2.51. The molecule has 0 aromatic heterocycles. The fourth-order valence-corrected chi connectivity index (χ4v) is 5.72. The average Bonchev–Trinajstić information content (AvgIpc) is 2.83. The van der Waals surface area contributed by atoms with Gasteiger partial charge in [-0.05, 0) is 35.6 Å². The number of sulfonamides is 1. The monoisotopic (exact) mass is 469 g/mol. The fourth-order valence-electron chi connectivity index (χ4n) is 4.07. The Bertz CT molecular complexity index is 1170. The van der Waals surface area contributed by atoms with Gasteiger partial charge in [-0.1, -0.05) is 60.7 Å². The topological polar surface area (TPSA) is 130 Å². The van der Waals surface area contributed by atoms with Crippen molar-refractivity contribution in [3.63, 3.8) is 0 Å². The van der Waals surface area contributed by atoms with Gasteiger partial charge in [0.05, 0.1) is 11.2 Å². The zero-order valence-corrected chi connectivity index (χ0v) is 18.6. The van der Waals surface area contributed by atoms with Crippen molar-refractivity contribution in [1.29, 1.82) is 0 Å². The first-order valence-corrected chi connectivity index (χ1v) is 11.9. The van der Waals surface area contributed by atoms with Crippen molar-refractivity contribution in [3.05, 3.63) is 93.4 Å². The van der Waals surface area contributed by atoms with Gasteiger partial charge >= 0.3 is 5.91 Å². The predicted molar refractivity (Wildman–Crippen MR) is 122 cm³/mol. The number of piperidine rings is 1. The maximum atomic E-state index is 13.4. The summed E-state index contributed by atoms with van der Waals surface area (Å²) in [4.78, 5) is 46.5. The molecule has 1 fully saturated rings. The van der Waals surface area contributed by atoms with Crippen LogP contribution in [0.15, 0.2) is 82.8 Å². The first kappa shape index (κ1) is 24.3. The summed E-state index contributed by atoms with van der Waals surface area (Å²) in [5.41, 5.74) is -0.714. The van der Waals surface area contributed by atoms with E-state index in [2.05, 4.69) is 10.4 Å². The van der Waals surface area contributed by atoms with E-state index >= 15 is 0 Å². The molecule has 172 valence electrons. The fraction of sp³-hybridized carbons (Fsp3) is 0.304. The Kier molecular flexibility index (Phi) is 7.72. The van der Waals surface area contributed by atoms with Crippen LogP contribution in [-0.2, 0) is 31.8 Å². The summed E-state index contributed by atoms with van der Waals surface area (Å²) in [5, 5.41) is 4.63. The van der Waals surface area contributed by atoms with Crippen LogP contribution in [0.25, 0.3) is 0 Å². The number of hydrogen-bond donors (Lipinski definition) is 0. The second-order valence-corrected chi connectivity index (χ2v) is 9.97. The summed E-state index contributed by atoms with van der Waals surface area (Å²) in [6, 6.07) is 17.8. The van der Waals surface area contributed by atoms with Gasteiger partial charge in [-0.25, -0.2) is 12.7 Å². The molecule has 1 unspecified atom stereocenters. The van der Waals surface area contributed by atoms with Crippen LogP contribution < -0.4 is 0 Å². The number of carbonyl (C=O) groups is 2. The molecule has 9 nitrogen and oxygen atoms in total. The van der Waals surface area contributed by atoms with E-state index in [4.69, 9.17) is 0 Å². The molecule has 0 radical (unpaired) electrons. The van der Waals surface area contributed by atoms with Crippen LogP contribution in [0.2, 0.25) is 0 Å². The highest BCUT2D eigenvalue weighted by molar-refractivity contribution is 7.88. The van der Waals surface area contributed by atoms with E-state index in [-0.39, 0.29) is 25.3 Å². The van der Waals surface area contributed by atoms with Gasteiger partial charge in [0.25, 0.3) is 0 Å². The van der Waals surface area contributed by atoms with Crippen molar-refractivity contribution in [2.24, 2.45) is 15.8 Å². The highest BCUT2D eigenvalue weighted by Crippen LogP contribution is 2.37. The molecule has 1 atom stereocenters. The third-order valence-corrected chi connectivity index (χ3v) is 7.50. The highest BCUT2D eigenvalue weighted by Gasteiger charge is 2.44. The van der Waals surface area contributed by atoms with E-state index in [1.807, 2.05) is 18.2 Å². The van der Waals surface area contributed by atoms with Crippen molar-refractivity contribution in [1.82, 2.24) is 4.31 Å². The molecule has 0 saturated carbocycles. The zero-order valence-electron chi connectivity index (χ0n) is 17.8. The minimum atomic E-state index is -3.75. The zero-order chi connectivity index (χ0) is 23.9. The smallest absolute Gasteiger partial charge is 0.294 e. The molecular formula is C23H23N3O6S. The van der Waals surface area contributed by atoms with Crippen molar-refractivity contribution in [2.75, 3.05) is 13.1 Å². The summed E-state index contributed by atoms with van der Waals surface area (Å²) in [6.07, 6.45) is 1.65. The summed E-state index contributed by atoms with van der Waals surface area (Å²) >= 11 is 0. The molecule has 3 rings (SSSR count). The minimum Gasteiger partial charge on any atom is -0.294 e. The Balaban J connectivity index is 1.97. The van der Waals surface area contributed by atoms with Gasteiger partial charge in [0.2, 0.25) is 10.0 Å². The number of carbonyl (C=O) groups excluding carboxylic acids is 2. The number of rotatable bonds is 9. The van der Waals surface area contributed by atoms with Crippen molar-refractivity contribution in [2.45, 2.75) is 25.0 Å². The van der Waals surface area contributed by atoms with Gasteiger partial charge in [0.1, 0.15) is 0 Å². The van der Waals surface area contributed by atoms with Crippen LogP contribution in [0.5, 0.6) is 0 Å². The van der Waals surface area contributed by atoms with Crippen LogP contribution in [0.3, 0.4) is 0 Å². The number of benzene rings is 2. The second-order valence-electron chi connectivity index (χ2n) is 8.00. The molecule has 0 bridgehead atoms. The van der Waals surface area contributed by atoms with Crippen molar-refractivity contribution < 1.29 is 18.0 Å². The Morgan fingerprint density at radius 1 is 0.939 bits per heavy atom. The Morgan fingerprint density at radius 3 is 2.12 bits per heavy atom. The van der Waals surface area contributed by atoms with Crippen LogP contribution in [-0.4, -0.2) is 37.5 Å². The highest BCUT2D eigenvalue weighted by atomic mass is 32.2. The molecule has 2 aromatic carbocycles. The first-order chi connectivity index (χ1) is 15.8. The number of nitroso groups, excluding NO2 is 2. The molecular weight excluding hydrogens is 446 g/mol. The molecule has 1 amide bonds. The number of hydrogen-bond acceptors (Lipinski definition) is 7. The third-order valence-electron chi connectivity index (χ3n) is 5.70. The average molecular weight is 470 g/mol. The van der Waals surface area contributed by atoms with Gasteiger partial charge in [0, 0.05) is 24.3 Å². The lowest BCUT2D eigenvalue weighted by Gasteiger charge is -2.41. The standard InChI is InChI=1S/C23H23N3O6S/c27-21(14-20(24-29)22(28)25-30)23(15-18-8-3-1-4-9-18)12-7-13-26(17-23)33(31,32)16-19-10-5-2-6-11-19/h1-6,8-11,14H,7,12-13,15-17H2/b20-14-. The van der Waals surface area contributed by atoms with E-state index in [0.29, 0.717) is 24.5 Å². The predicted octanol–water partition coefficient (Wildman–Crippen LogP) is 3.35. The molecule has 0 spiro atoms. The molecule has 10 heteroatoms. The minimum absolute atomic E-state index is 0.124. The maximum Gasteiger partial charge on any atom is 0.338 e. The lowest BCUT2D eigenvalue weighted by atomic mass is 9.72. The lowest BCUT2D eigenvalue weighted by molar-refractivity contribution is -0.126. The maximum absolute atomic E-state index is 13.4. The van der Waals surface area contributed by atoms with Gasteiger partial charge < -0.3 is 0 Å². The van der Waals surface area contributed by atoms with E-state index in [0.717, 1.165) is 5.56 Å². The summed E-state index contributed by atoms with van der Waals surface area (Å²) in [6.45, 7) is 0.123. The summed E-state index contributed by atoms with van der Waals surface area (Å²) < 4.78 is 27.6. The largest absolute Gasteiger partial charge is 0.338 e. The Labute approximate surface area is 191 Å². The van der Waals surface area contributed by atoms with Gasteiger partial charge in [-0.2, -0.15) is 0 Å². The number of nitrogens with zero attached hydrogens (tertiary/aromatic N) is 3. The van der Waals surface area contributed by atoms with E-state index < -0.39 is 32.8 Å². The van der Waals surface area contributed by atoms with Crippen molar-refractivity contribution >= 4 is 21.7 Å². The molecule has 0 N–H and O–H groups in total. The first-order valence-electron chi connectivity index (χ1n) is 10.3. The summed E-state index contributed by atoms with van der Waals surface area (Å²) in [7, 11) is -3.75. The van der Waals surface area contributed by atoms with Crippen LogP contribution in [0, 0.1) is 15.2 Å². The van der Waals surface area contributed by atoms with Crippen LogP contribution in [0.1, 0.15) is 24.0 Å². The van der Waals surface area contributed by atoms with E-state index in [9.17, 15) is 27.8 Å². The summed E-state index contributed by atoms with van der Waals surface area (Å²) in [5.74, 6) is -2.30. The van der Waals surface area contributed by atoms with Crippen molar-refractivity contribution in [3.8, 4) is 0 Å². The van der Waals surface area contributed by atoms with E-state index in [1.165, 1.54) is 4.31 Å². The number of amides is 1. The van der Waals surface area contributed by atoms with Gasteiger partial charge in [0.15, 0.2) is 11.5 Å². The molecule has 1 aliphatic heterocycles. The van der Waals surface area contributed by atoms with Crippen LogP contribution in [0.4, 0.5) is 0 Å². The molecule has 1 heterocycles. The molecule has 1 aliphatic rings. The SMILES string of the molecule is O=NC(=O)/C(=C/C(=O)C1(Cc2ccccc2)CCCN(S(=O)(=O)Cc2ccccc2)C1)N=O. The molecule has 1 saturated heterocycles. The normalized spacial score (nSPS) is 19.6. The number of allylic oxidation sites excluding steroid dienone is 1. The molecule has 33 heavy (non-hydrogen) atoms. The van der Waals surface area contributed by atoms with Gasteiger partial charge in [-0.3, -0.25) is 9.59 Å². The van der Waals surface area contributed by atoms with E-state index in [1.54, 1.807) is 42.5 Å². The van der Waals surface area contributed by atoms with Crippen LogP contribution >= 0.6 is 0 Å². The van der Waals surface area contributed by atoms with Gasteiger partial charge in [-0.15, -0.1) is 9.81 Å².